The lowest BCUT2D eigenvalue weighted by molar-refractivity contribution is 0.0867. The molecule has 0 bridgehead atoms. The van der Waals surface area contributed by atoms with Crippen molar-refractivity contribution in [3.63, 3.8) is 0 Å². The van der Waals surface area contributed by atoms with Crippen molar-refractivity contribution in [2.24, 2.45) is 0 Å². The maximum atomic E-state index is 11.8. The second-order valence-corrected chi connectivity index (χ2v) is 4.26. The Morgan fingerprint density at radius 1 is 1.33 bits per heavy atom. The maximum absolute atomic E-state index is 11.8. The Hall–Kier alpha value is -1.35. The summed E-state index contributed by atoms with van der Waals surface area (Å²) in [5.41, 5.74) is 1.68. The van der Waals surface area contributed by atoms with Crippen LogP contribution in [0.3, 0.4) is 0 Å². The van der Waals surface area contributed by atoms with E-state index in [0.717, 1.165) is 12.1 Å². The Kier molecular flexibility index (Phi) is 2.49. The molecular weight excluding hydrogens is 190 g/mol. The van der Waals surface area contributed by atoms with Crippen LogP contribution in [0.2, 0.25) is 0 Å². The van der Waals surface area contributed by atoms with Gasteiger partial charge in [0, 0.05) is 18.2 Å². The summed E-state index contributed by atoms with van der Waals surface area (Å²) >= 11 is 0. The third kappa shape index (κ3) is 1.88. The van der Waals surface area contributed by atoms with Crippen LogP contribution < -0.4 is 0 Å². The fourth-order valence-corrected chi connectivity index (χ4v) is 1.87. The van der Waals surface area contributed by atoms with Crippen LogP contribution in [0, 0.1) is 0 Å². The number of phenolic OH excluding ortho intramolecular Hbond substituents is 1. The zero-order valence-corrected chi connectivity index (χ0v) is 9.03. The van der Waals surface area contributed by atoms with Gasteiger partial charge in [0.25, 0.3) is 0 Å². The number of Topliss-reactive ketones (excluding diaryl/α,β-unsaturated/α-hetero) is 1. The predicted molar refractivity (Wildman–Crippen MR) is 58.0 cm³/mol. The minimum absolute atomic E-state index is 0.0980. The largest absolute Gasteiger partial charge is 0.508 e. The molecule has 1 N–H and O–H groups in total. The lowest BCUT2D eigenvalue weighted by Gasteiger charge is -2.30. The van der Waals surface area contributed by atoms with Crippen molar-refractivity contribution in [2.75, 3.05) is 6.54 Å². The van der Waals surface area contributed by atoms with Gasteiger partial charge in [-0.1, -0.05) is 6.07 Å². The zero-order valence-electron chi connectivity index (χ0n) is 9.03. The molecule has 1 aliphatic rings. The molecule has 80 valence electrons. The first-order valence-corrected chi connectivity index (χ1v) is 5.17. The summed E-state index contributed by atoms with van der Waals surface area (Å²) in [4.78, 5) is 13.9. The Bertz CT molecular complexity index is 399. The number of ketones is 1. The standard InChI is InChI=1S/C12H15NO2/c1-8(2)13-6-9-3-4-10(14)5-11(9)12(15)7-13/h3-5,8,14H,6-7H2,1-2H3. The Labute approximate surface area is 89.3 Å². The topological polar surface area (TPSA) is 40.5 Å². The van der Waals surface area contributed by atoms with Crippen LogP contribution in [0.5, 0.6) is 5.75 Å². The molecule has 0 aliphatic carbocycles. The molecule has 0 saturated heterocycles. The van der Waals surface area contributed by atoms with Crippen LogP contribution in [-0.4, -0.2) is 28.4 Å². The molecule has 0 radical (unpaired) electrons. The highest BCUT2D eigenvalue weighted by atomic mass is 16.3. The monoisotopic (exact) mass is 205 g/mol. The van der Waals surface area contributed by atoms with Gasteiger partial charge in [-0.3, -0.25) is 9.69 Å². The summed E-state index contributed by atoms with van der Waals surface area (Å²) in [7, 11) is 0. The summed E-state index contributed by atoms with van der Waals surface area (Å²) in [5, 5.41) is 9.32. The van der Waals surface area contributed by atoms with Gasteiger partial charge in [0.1, 0.15) is 5.75 Å². The molecule has 0 aromatic heterocycles. The lowest BCUT2D eigenvalue weighted by Crippen LogP contribution is -2.39. The molecule has 15 heavy (non-hydrogen) atoms. The Morgan fingerprint density at radius 3 is 2.73 bits per heavy atom. The summed E-state index contributed by atoms with van der Waals surface area (Å²) in [6, 6.07) is 5.40. The van der Waals surface area contributed by atoms with E-state index in [1.165, 1.54) is 0 Å². The number of nitrogens with zero attached hydrogens (tertiary/aromatic N) is 1. The first-order valence-electron chi connectivity index (χ1n) is 5.17. The third-order valence-electron chi connectivity index (χ3n) is 2.84. The Morgan fingerprint density at radius 2 is 2.07 bits per heavy atom. The number of benzene rings is 1. The number of hydrogen-bond donors (Lipinski definition) is 1. The number of rotatable bonds is 1. The van der Waals surface area contributed by atoms with Crippen LogP contribution in [0.4, 0.5) is 0 Å². The quantitative estimate of drug-likeness (QED) is 0.760. The smallest absolute Gasteiger partial charge is 0.177 e. The molecule has 0 saturated carbocycles. The van der Waals surface area contributed by atoms with Gasteiger partial charge in [-0.2, -0.15) is 0 Å². The second kappa shape index (κ2) is 3.66. The molecule has 0 spiro atoms. The SMILES string of the molecule is CC(C)N1CC(=O)c2cc(O)ccc2C1. The fourth-order valence-electron chi connectivity index (χ4n) is 1.87. The van der Waals surface area contributed by atoms with Gasteiger partial charge in [-0.05, 0) is 31.5 Å². The van der Waals surface area contributed by atoms with Crippen LogP contribution in [0.25, 0.3) is 0 Å². The van der Waals surface area contributed by atoms with Crippen molar-refractivity contribution >= 4 is 5.78 Å². The highest BCUT2D eigenvalue weighted by Crippen LogP contribution is 2.23. The molecule has 1 aliphatic heterocycles. The van der Waals surface area contributed by atoms with Gasteiger partial charge in [-0.25, -0.2) is 0 Å². The normalized spacial score (nSPS) is 16.9. The maximum Gasteiger partial charge on any atom is 0.177 e. The van der Waals surface area contributed by atoms with E-state index in [0.29, 0.717) is 18.2 Å². The highest BCUT2D eigenvalue weighted by Gasteiger charge is 2.24. The summed E-state index contributed by atoms with van der Waals surface area (Å²) in [6.45, 7) is 5.41. The molecule has 1 heterocycles. The van der Waals surface area contributed by atoms with E-state index < -0.39 is 0 Å². The van der Waals surface area contributed by atoms with E-state index in [4.69, 9.17) is 0 Å². The minimum Gasteiger partial charge on any atom is -0.508 e. The predicted octanol–water partition coefficient (Wildman–Crippen LogP) is 1.80. The average Bonchev–Trinajstić information content (AvgIpc) is 2.18. The fraction of sp³-hybridized carbons (Fsp3) is 0.417. The summed E-state index contributed by atoms with van der Waals surface area (Å²) in [5.74, 6) is 0.265. The van der Waals surface area contributed by atoms with Gasteiger partial charge in [-0.15, -0.1) is 0 Å². The van der Waals surface area contributed by atoms with E-state index in [1.807, 2.05) is 6.07 Å². The average molecular weight is 205 g/mol. The van der Waals surface area contributed by atoms with E-state index in [1.54, 1.807) is 12.1 Å². The van der Waals surface area contributed by atoms with E-state index in [-0.39, 0.29) is 11.5 Å². The van der Waals surface area contributed by atoms with Crippen LogP contribution in [-0.2, 0) is 6.54 Å². The van der Waals surface area contributed by atoms with Gasteiger partial charge in [0.2, 0.25) is 0 Å². The van der Waals surface area contributed by atoms with E-state index >= 15 is 0 Å². The van der Waals surface area contributed by atoms with Crippen molar-refractivity contribution < 1.29 is 9.90 Å². The van der Waals surface area contributed by atoms with Crippen LogP contribution in [0.1, 0.15) is 29.8 Å². The minimum atomic E-state index is 0.0980. The molecule has 3 heteroatoms. The van der Waals surface area contributed by atoms with Crippen molar-refractivity contribution in [1.82, 2.24) is 4.90 Å². The number of phenols is 1. The molecule has 2 rings (SSSR count). The van der Waals surface area contributed by atoms with Gasteiger partial charge < -0.3 is 5.11 Å². The number of aromatic hydroxyl groups is 1. The van der Waals surface area contributed by atoms with Crippen molar-refractivity contribution in [1.29, 1.82) is 0 Å². The van der Waals surface area contributed by atoms with Gasteiger partial charge >= 0.3 is 0 Å². The first kappa shape index (κ1) is 10.2. The molecular formula is C12H15NO2. The summed E-state index contributed by atoms with van der Waals surface area (Å²) in [6.07, 6.45) is 0. The zero-order chi connectivity index (χ0) is 11.0. The Balaban J connectivity index is 2.37. The molecule has 1 aromatic rings. The molecule has 0 amide bonds. The lowest BCUT2D eigenvalue weighted by atomic mass is 9.97. The highest BCUT2D eigenvalue weighted by molar-refractivity contribution is 6.00. The summed E-state index contributed by atoms with van der Waals surface area (Å²) < 4.78 is 0. The van der Waals surface area contributed by atoms with Crippen LogP contribution in [0.15, 0.2) is 18.2 Å². The van der Waals surface area contributed by atoms with Crippen molar-refractivity contribution in [3.8, 4) is 5.75 Å². The number of hydrogen-bond acceptors (Lipinski definition) is 3. The van der Waals surface area contributed by atoms with Gasteiger partial charge in [0.05, 0.1) is 6.54 Å². The first-order chi connectivity index (χ1) is 7.08. The third-order valence-corrected chi connectivity index (χ3v) is 2.84. The number of fused-ring (bicyclic) bond motifs is 1. The van der Waals surface area contributed by atoms with E-state index in [2.05, 4.69) is 18.7 Å². The molecule has 1 aromatic carbocycles. The van der Waals surface area contributed by atoms with Crippen molar-refractivity contribution in [2.45, 2.75) is 26.4 Å². The van der Waals surface area contributed by atoms with Gasteiger partial charge in [0.15, 0.2) is 5.78 Å². The number of carbonyl (C=O) groups excluding carboxylic acids is 1. The molecule has 0 fully saturated rings. The molecule has 0 unspecified atom stereocenters. The van der Waals surface area contributed by atoms with Crippen LogP contribution >= 0.6 is 0 Å². The number of carbonyl (C=O) groups is 1. The van der Waals surface area contributed by atoms with E-state index in [9.17, 15) is 9.90 Å². The molecule has 0 atom stereocenters. The second-order valence-electron chi connectivity index (χ2n) is 4.26. The van der Waals surface area contributed by atoms with Crippen molar-refractivity contribution in [3.05, 3.63) is 29.3 Å². The molecule has 3 nitrogen and oxygen atoms in total.